The molecule has 4 heteroatoms. The summed E-state index contributed by atoms with van der Waals surface area (Å²) in [6, 6.07) is 6.84. The van der Waals surface area contributed by atoms with Gasteiger partial charge in [-0.05, 0) is 11.8 Å². The standard InChI is InChI=1S/C9H10NO2.K/c1-10-9(12)8-5-3-2-4-7(8)6-11;/h2-6,9,12H,1H3;/q-1;+1. The Kier molecular flexibility index (Phi) is 7.07. The summed E-state index contributed by atoms with van der Waals surface area (Å²) in [4.78, 5) is 10.5. The van der Waals surface area contributed by atoms with Crippen molar-refractivity contribution in [2.24, 2.45) is 0 Å². The van der Waals surface area contributed by atoms with Crippen LogP contribution in [0.15, 0.2) is 24.3 Å². The number of aliphatic hydroxyl groups is 1. The second kappa shape index (κ2) is 6.83. The third-order valence-corrected chi connectivity index (χ3v) is 1.65. The second-order valence-electron chi connectivity index (χ2n) is 2.38. The van der Waals surface area contributed by atoms with Crippen molar-refractivity contribution < 1.29 is 61.3 Å². The minimum atomic E-state index is -0.897. The Hall–Kier alpha value is 0.446. The molecule has 64 valence electrons. The molecule has 0 saturated carbocycles. The third kappa shape index (κ3) is 3.59. The van der Waals surface area contributed by atoms with Crippen LogP contribution in [0.25, 0.3) is 5.32 Å². The van der Waals surface area contributed by atoms with Crippen molar-refractivity contribution in [3.63, 3.8) is 0 Å². The Morgan fingerprint density at radius 2 is 2.08 bits per heavy atom. The molecule has 0 amide bonds. The molecular formula is C9H10KNO2. The van der Waals surface area contributed by atoms with E-state index >= 15 is 0 Å². The Bertz CT molecular complexity index is 278. The van der Waals surface area contributed by atoms with E-state index in [9.17, 15) is 9.90 Å². The van der Waals surface area contributed by atoms with Gasteiger partial charge in [0.05, 0.1) is 0 Å². The van der Waals surface area contributed by atoms with E-state index in [1.807, 2.05) is 0 Å². The van der Waals surface area contributed by atoms with Gasteiger partial charge < -0.3 is 10.4 Å². The molecule has 3 nitrogen and oxygen atoms in total. The van der Waals surface area contributed by atoms with Crippen LogP contribution in [0.3, 0.4) is 0 Å². The van der Waals surface area contributed by atoms with Gasteiger partial charge in [-0.25, -0.2) is 0 Å². The fourth-order valence-electron chi connectivity index (χ4n) is 0.992. The maximum atomic E-state index is 10.5. The normalized spacial score (nSPS) is 11.5. The summed E-state index contributed by atoms with van der Waals surface area (Å²) in [6.45, 7) is 0. The molecule has 0 aliphatic carbocycles. The molecule has 0 aliphatic heterocycles. The van der Waals surface area contributed by atoms with Crippen LogP contribution in [0.1, 0.15) is 22.1 Å². The molecule has 0 aromatic heterocycles. The molecule has 13 heavy (non-hydrogen) atoms. The van der Waals surface area contributed by atoms with Crippen molar-refractivity contribution in [2.45, 2.75) is 6.23 Å². The zero-order valence-corrected chi connectivity index (χ0v) is 10.9. The number of aldehydes is 1. The summed E-state index contributed by atoms with van der Waals surface area (Å²) in [5, 5.41) is 13.0. The molecule has 1 N–H and O–H groups in total. The number of hydrogen-bond donors (Lipinski definition) is 1. The van der Waals surface area contributed by atoms with Crippen LogP contribution < -0.4 is 51.4 Å². The number of rotatable bonds is 3. The summed E-state index contributed by atoms with van der Waals surface area (Å²) in [5.74, 6) is 0. The van der Waals surface area contributed by atoms with E-state index in [0.29, 0.717) is 17.4 Å². The van der Waals surface area contributed by atoms with E-state index in [0.717, 1.165) is 0 Å². The first-order valence-electron chi connectivity index (χ1n) is 3.60. The zero-order chi connectivity index (χ0) is 8.97. The van der Waals surface area contributed by atoms with Gasteiger partial charge in [0.1, 0.15) is 6.29 Å². The topological polar surface area (TPSA) is 51.4 Å². The maximum Gasteiger partial charge on any atom is 1.00 e. The average molecular weight is 203 g/mol. The van der Waals surface area contributed by atoms with E-state index in [1.54, 1.807) is 24.3 Å². The maximum absolute atomic E-state index is 10.5. The number of hydrogen-bond acceptors (Lipinski definition) is 2. The monoisotopic (exact) mass is 203 g/mol. The number of nitrogens with zero attached hydrogens (tertiary/aromatic N) is 1. The van der Waals surface area contributed by atoms with E-state index in [1.165, 1.54) is 7.05 Å². The minimum absolute atomic E-state index is 0. The van der Waals surface area contributed by atoms with Crippen LogP contribution in [0.5, 0.6) is 0 Å². The van der Waals surface area contributed by atoms with Gasteiger partial charge in [0.2, 0.25) is 0 Å². The fourth-order valence-corrected chi connectivity index (χ4v) is 0.992. The van der Waals surface area contributed by atoms with Gasteiger partial charge in [0.15, 0.2) is 0 Å². The number of benzene rings is 1. The summed E-state index contributed by atoms with van der Waals surface area (Å²) < 4.78 is 0. The fraction of sp³-hybridized carbons (Fsp3) is 0.222. The van der Waals surface area contributed by atoms with Gasteiger partial charge in [0.25, 0.3) is 0 Å². The second-order valence-corrected chi connectivity index (χ2v) is 2.38. The van der Waals surface area contributed by atoms with Crippen molar-refractivity contribution in [2.75, 3.05) is 7.05 Å². The Balaban J connectivity index is 0.00000144. The molecule has 1 rings (SSSR count). The quantitative estimate of drug-likeness (QED) is 0.480. The summed E-state index contributed by atoms with van der Waals surface area (Å²) in [6.07, 6.45) is -0.185. The number of carbonyl (C=O) groups is 1. The van der Waals surface area contributed by atoms with Crippen molar-refractivity contribution in [1.82, 2.24) is 0 Å². The average Bonchev–Trinajstić information content (AvgIpc) is 2.16. The molecule has 0 fully saturated rings. The van der Waals surface area contributed by atoms with E-state index in [2.05, 4.69) is 5.32 Å². The molecule has 1 aromatic carbocycles. The van der Waals surface area contributed by atoms with E-state index in [-0.39, 0.29) is 51.4 Å². The molecule has 1 aromatic rings. The smallest absolute Gasteiger partial charge is 0.636 e. The first kappa shape index (κ1) is 13.4. The summed E-state index contributed by atoms with van der Waals surface area (Å²) >= 11 is 0. The van der Waals surface area contributed by atoms with E-state index < -0.39 is 6.23 Å². The summed E-state index contributed by atoms with van der Waals surface area (Å²) in [5.41, 5.74) is 1.03. The molecule has 1 unspecified atom stereocenters. The zero-order valence-electron chi connectivity index (χ0n) is 7.77. The Morgan fingerprint density at radius 1 is 1.46 bits per heavy atom. The largest absolute Gasteiger partial charge is 1.00 e. The van der Waals surface area contributed by atoms with Gasteiger partial charge >= 0.3 is 51.4 Å². The Morgan fingerprint density at radius 3 is 2.62 bits per heavy atom. The first-order chi connectivity index (χ1) is 5.79. The predicted octanol–water partition coefficient (Wildman–Crippen LogP) is -1.50. The van der Waals surface area contributed by atoms with Crippen molar-refractivity contribution in [1.29, 1.82) is 0 Å². The number of aliphatic hydroxyl groups excluding tert-OH is 1. The van der Waals surface area contributed by atoms with Crippen LogP contribution >= 0.6 is 0 Å². The van der Waals surface area contributed by atoms with Crippen molar-refractivity contribution >= 4 is 6.29 Å². The first-order valence-corrected chi connectivity index (χ1v) is 3.60. The van der Waals surface area contributed by atoms with Crippen LogP contribution in [-0.4, -0.2) is 18.4 Å². The van der Waals surface area contributed by atoms with Crippen molar-refractivity contribution in [3.8, 4) is 0 Å². The van der Waals surface area contributed by atoms with E-state index in [4.69, 9.17) is 0 Å². The van der Waals surface area contributed by atoms with Crippen LogP contribution in [0.2, 0.25) is 0 Å². The van der Waals surface area contributed by atoms with Gasteiger partial charge in [-0.2, -0.15) is 7.05 Å². The van der Waals surface area contributed by atoms with Gasteiger partial charge in [-0.3, -0.25) is 4.79 Å². The van der Waals surface area contributed by atoms with Crippen LogP contribution in [0, 0.1) is 0 Å². The van der Waals surface area contributed by atoms with Crippen molar-refractivity contribution in [3.05, 3.63) is 40.7 Å². The molecule has 0 aliphatic rings. The molecule has 0 heterocycles. The predicted molar refractivity (Wildman–Crippen MR) is 46.1 cm³/mol. The van der Waals surface area contributed by atoms with Crippen LogP contribution in [-0.2, 0) is 0 Å². The molecule has 0 saturated heterocycles. The Labute approximate surface area is 120 Å². The van der Waals surface area contributed by atoms with Gasteiger partial charge in [-0.15, -0.1) is 0 Å². The molecule has 0 bridgehead atoms. The van der Waals surface area contributed by atoms with Crippen LogP contribution in [0.4, 0.5) is 0 Å². The summed E-state index contributed by atoms with van der Waals surface area (Å²) in [7, 11) is 1.51. The van der Waals surface area contributed by atoms with Gasteiger partial charge in [0, 0.05) is 5.56 Å². The molecule has 1 atom stereocenters. The third-order valence-electron chi connectivity index (χ3n) is 1.65. The molecular weight excluding hydrogens is 193 g/mol. The number of carbonyl (C=O) groups excluding carboxylic acids is 1. The molecule has 0 spiro atoms. The molecule has 0 radical (unpaired) electrons. The van der Waals surface area contributed by atoms with Gasteiger partial charge in [-0.1, -0.05) is 24.3 Å². The minimum Gasteiger partial charge on any atom is -0.636 e. The SMILES string of the molecule is C[N-]C(O)c1ccccc1C=O.[K+].